The first-order valence-corrected chi connectivity index (χ1v) is 12.6. The second-order valence-electron chi connectivity index (χ2n) is 8.74. The summed E-state index contributed by atoms with van der Waals surface area (Å²) in [4.78, 5) is 25.3. The molecule has 8 nitrogen and oxygen atoms in total. The highest BCUT2D eigenvalue weighted by atomic mass is 19.4. The average Bonchev–Trinajstić information content (AvgIpc) is 2.90. The van der Waals surface area contributed by atoms with Crippen LogP contribution in [-0.2, 0) is 26.9 Å². The molecule has 1 atom stereocenters. The molecule has 222 valence electrons. The second-order valence-corrected chi connectivity index (χ2v) is 8.74. The number of rotatable bonds is 16. The third-order valence-electron chi connectivity index (χ3n) is 5.68. The van der Waals surface area contributed by atoms with Crippen molar-refractivity contribution < 1.29 is 50.9 Å². The normalized spacial score (nSPS) is 12.6. The van der Waals surface area contributed by atoms with Gasteiger partial charge in [-0.25, -0.2) is 18.4 Å². The minimum atomic E-state index is -4.60. The van der Waals surface area contributed by atoms with E-state index in [9.17, 15) is 36.6 Å². The molecule has 0 aliphatic carbocycles. The van der Waals surface area contributed by atoms with Crippen molar-refractivity contribution in [2.45, 2.75) is 44.9 Å². The molecule has 2 aromatic rings. The van der Waals surface area contributed by atoms with Crippen molar-refractivity contribution in [2.24, 2.45) is 0 Å². The topological polar surface area (TPSA) is 97.3 Å². The molecule has 0 saturated carbocycles. The van der Waals surface area contributed by atoms with Gasteiger partial charge in [0.1, 0.15) is 19.0 Å². The van der Waals surface area contributed by atoms with Gasteiger partial charge in [-0.15, -0.1) is 0 Å². The number of ether oxygens (including phenoxy) is 3. The van der Waals surface area contributed by atoms with Crippen LogP contribution in [0.2, 0.25) is 0 Å². The zero-order chi connectivity index (χ0) is 29.8. The van der Waals surface area contributed by atoms with Gasteiger partial charge >= 0.3 is 18.2 Å². The Morgan fingerprint density at radius 3 is 2.27 bits per heavy atom. The number of hydrogen-bond acceptors (Lipinski definition) is 5. The summed E-state index contributed by atoms with van der Waals surface area (Å²) in [5.41, 5.74) is -0.326. The molecule has 2 N–H and O–H groups in total. The molecule has 0 fully saturated rings. The van der Waals surface area contributed by atoms with Crippen molar-refractivity contribution in [3.63, 3.8) is 0 Å². The fourth-order valence-corrected chi connectivity index (χ4v) is 3.42. The molecule has 2 rings (SSSR count). The summed E-state index contributed by atoms with van der Waals surface area (Å²) >= 11 is 0. The molecule has 0 spiro atoms. The van der Waals surface area contributed by atoms with Crippen LogP contribution in [0.3, 0.4) is 0 Å². The number of halogens is 5. The SMILES string of the molecule is CCOC(Cc1ccc(OCCN(CCOCC(F)(F)CC)C(=O)Nc2cccc(C(F)(F)F)c2)cc1)C(=O)O. The number of anilines is 1. The number of hydrogen-bond donors (Lipinski definition) is 2. The van der Waals surface area contributed by atoms with Crippen LogP contribution in [0.4, 0.5) is 32.4 Å². The Labute approximate surface area is 229 Å². The van der Waals surface area contributed by atoms with Crippen molar-refractivity contribution in [1.82, 2.24) is 4.90 Å². The molecule has 1 unspecified atom stereocenters. The lowest BCUT2D eigenvalue weighted by Crippen LogP contribution is -2.40. The molecular formula is C27H33F5N2O6. The van der Waals surface area contributed by atoms with E-state index in [-0.39, 0.29) is 45.0 Å². The summed E-state index contributed by atoms with van der Waals surface area (Å²) < 4.78 is 81.9. The van der Waals surface area contributed by atoms with Gasteiger partial charge in [0.2, 0.25) is 0 Å². The summed E-state index contributed by atoms with van der Waals surface area (Å²) in [6.45, 7) is 2.01. The fraction of sp³-hybridized carbons (Fsp3) is 0.481. The molecule has 0 aromatic heterocycles. The minimum Gasteiger partial charge on any atom is -0.492 e. The summed E-state index contributed by atoms with van der Waals surface area (Å²) in [6.07, 6.45) is -5.84. The maximum absolute atomic E-state index is 13.5. The monoisotopic (exact) mass is 576 g/mol. The van der Waals surface area contributed by atoms with Crippen LogP contribution in [-0.4, -0.2) is 73.6 Å². The second kappa shape index (κ2) is 15.4. The number of urea groups is 1. The van der Waals surface area contributed by atoms with E-state index in [0.717, 1.165) is 18.2 Å². The fourth-order valence-electron chi connectivity index (χ4n) is 3.42. The van der Waals surface area contributed by atoms with Gasteiger partial charge in [-0.05, 0) is 42.8 Å². The summed E-state index contributed by atoms with van der Waals surface area (Å²) in [7, 11) is 0. The standard InChI is InChI=1S/C27H33F5N2O6/c1-3-26(28,29)18-38-14-12-34(25(37)33-21-7-5-6-20(17-21)27(30,31)32)13-15-40-22-10-8-19(9-11-22)16-23(24(35)36)39-4-2/h5-11,17,23H,3-4,12-16,18H2,1-2H3,(H,33,37)(H,35,36). The van der Waals surface area contributed by atoms with Crippen LogP contribution in [0, 0.1) is 0 Å². The van der Waals surface area contributed by atoms with E-state index < -0.39 is 48.8 Å². The Morgan fingerprint density at radius 1 is 1.00 bits per heavy atom. The van der Waals surface area contributed by atoms with Gasteiger partial charge in [-0.1, -0.05) is 25.1 Å². The van der Waals surface area contributed by atoms with Gasteiger partial charge in [0.25, 0.3) is 5.92 Å². The van der Waals surface area contributed by atoms with E-state index in [1.165, 1.54) is 17.9 Å². The number of carboxylic acid groups (broad SMARTS) is 1. The Morgan fingerprint density at radius 2 is 1.68 bits per heavy atom. The van der Waals surface area contributed by atoms with Crippen LogP contribution in [0.1, 0.15) is 31.4 Å². The first-order chi connectivity index (χ1) is 18.8. The average molecular weight is 577 g/mol. The number of nitrogens with one attached hydrogen (secondary N) is 1. The van der Waals surface area contributed by atoms with E-state index >= 15 is 0 Å². The first kappa shape index (κ1) is 32.8. The predicted octanol–water partition coefficient (Wildman–Crippen LogP) is 5.71. The Bertz CT molecular complexity index is 1080. The molecule has 0 heterocycles. The molecule has 0 saturated heterocycles. The molecule has 2 aromatic carbocycles. The molecule has 0 aliphatic rings. The largest absolute Gasteiger partial charge is 0.492 e. The van der Waals surface area contributed by atoms with Gasteiger partial charge in [-0.3, -0.25) is 0 Å². The highest BCUT2D eigenvalue weighted by Gasteiger charge is 2.31. The van der Waals surface area contributed by atoms with Crippen LogP contribution in [0.15, 0.2) is 48.5 Å². The number of nitrogens with zero attached hydrogens (tertiary/aromatic N) is 1. The van der Waals surface area contributed by atoms with Crippen LogP contribution >= 0.6 is 0 Å². The molecule has 0 aliphatic heterocycles. The van der Waals surface area contributed by atoms with Gasteiger partial charge in [0, 0.05) is 31.7 Å². The van der Waals surface area contributed by atoms with E-state index in [0.29, 0.717) is 11.3 Å². The van der Waals surface area contributed by atoms with E-state index in [4.69, 9.17) is 14.2 Å². The number of benzene rings is 2. The number of carboxylic acids is 1. The number of carbonyl (C=O) groups excluding carboxylic acids is 1. The van der Waals surface area contributed by atoms with E-state index in [1.54, 1.807) is 31.2 Å². The Hall–Kier alpha value is -3.45. The number of amides is 2. The first-order valence-electron chi connectivity index (χ1n) is 12.6. The predicted molar refractivity (Wildman–Crippen MR) is 137 cm³/mol. The highest BCUT2D eigenvalue weighted by Crippen LogP contribution is 2.30. The lowest BCUT2D eigenvalue weighted by Gasteiger charge is -2.24. The molecule has 13 heteroatoms. The Kier molecular flexibility index (Phi) is 12.6. The molecule has 2 amide bonds. The highest BCUT2D eigenvalue weighted by molar-refractivity contribution is 5.89. The third kappa shape index (κ3) is 11.3. The van der Waals surface area contributed by atoms with Crippen molar-refractivity contribution in [2.75, 3.05) is 44.8 Å². The Balaban J connectivity index is 2.00. The summed E-state index contributed by atoms with van der Waals surface area (Å²) in [5.74, 6) is -3.68. The van der Waals surface area contributed by atoms with Crippen molar-refractivity contribution in [3.05, 3.63) is 59.7 Å². The van der Waals surface area contributed by atoms with Gasteiger partial charge in [0.15, 0.2) is 6.10 Å². The molecule has 0 bridgehead atoms. The smallest absolute Gasteiger partial charge is 0.416 e. The van der Waals surface area contributed by atoms with Gasteiger partial charge in [0.05, 0.1) is 18.7 Å². The van der Waals surface area contributed by atoms with Crippen molar-refractivity contribution in [3.8, 4) is 5.75 Å². The zero-order valence-corrected chi connectivity index (χ0v) is 22.2. The summed E-state index contributed by atoms with van der Waals surface area (Å²) in [6, 6.07) is 9.90. The molecule has 0 radical (unpaired) electrons. The zero-order valence-electron chi connectivity index (χ0n) is 22.2. The lowest BCUT2D eigenvalue weighted by molar-refractivity contribution is -0.150. The van der Waals surface area contributed by atoms with Crippen molar-refractivity contribution in [1.29, 1.82) is 0 Å². The number of alkyl halides is 5. The molecular weight excluding hydrogens is 543 g/mol. The maximum Gasteiger partial charge on any atom is 0.416 e. The van der Waals surface area contributed by atoms with Gasteiger partial charge < -0.3 is 29.5 Å². The minimum absolute atomic E-state index is 0.0306. The third-order valence-corrected chi connectivity index (χ3v) is 5.68. The van der Waals surface area contributed by atoms with Crippen LogP contribution in [0.25, 0.3) is 0 Å². The molecule has 40 heavy (non-hydrogen) atoms. The quantitative estimate of drug-likeness (QED) is 0.196. The number of aliphatic carboxylic acids is 1. The van der Waals surface area contributed by atoms with Crippen LogP contribution < -0.4 is 10.1 Å². The van der Waals surface area contributed by atoms with E-state index in [1.807, 2.05) is 0 Å². The summed E-state index contributed by atoms with van der Waals surface area (Å²) in [5, 5.41) is 11.6. The number of carbonyl (C=O) groups is 2. The van der Waals surface area contributed by atoms with Crippen molar-refractivity contribution >= 4 is 17.7 Å². The van der Waals surface area contributed by atoms with Gasteiger partial charge in [-0.2, -0.15) is 13.2 Å². The van der Waals surface area contributed by atoms with E-state index in [2.05, 4.69) is 5.32 Å². The maximum atomic E-state index is 13.5. The lowest BCUT2D eigenvalue weighted by atomic mass is 10.1. The van der Waals surface area contributed by atoms with Crippen LogP contribution in [0.5, 0.6) is 5.75 Å².